The summed E-state index contributed by atoms with van der Waals surface area (Å²) >= 11 is 0. The molecular weight excluding hydrogens is 620 g/mol. The molecule has 0 atom stereocenters. The molecule has 0 aliphatic heterocycles. The van der Waals surface area contributed by atoms with E-state index >= 15 is 0 Å². The first-order chi connectivity index (χ1) is 22.8. The van der Waals surface area contributed by atoms with Crippen LogP contribution in [0.1, 0.15) is 48.6 Å². The molecule has 2 heterocycles. The maximum Gasteiger partial charge on any atom is 0.413 e. The molecule has 0 bridgehead atoms. The van der Waals surface area contributed by atoms with Gasteiger partial charge in [-0.1, -0.05) is 59.7 Å². The minimum absolute atomic E-state index is 0.0173. The van der Waals surface area contributed by atoms with E-state index in [0.717, 1.165) is 33.5 Å². The molecule has 48 heavy (non-hydrogen) atoms. The van der Waals surface area contributed by atoms with E-state index in [9.17, 15) is 24.3 Å². The van der Waals surface area contributed by atoms with Gasteiger partial charge in [0.2, 0.25) is 5.91 Å². The van der Waals surface area contributed by atoms with Crippen LogP contribution in [0, 0.1) is 25.2 Å². The first-order valence-corrected chi connectivity index (χ1v) is 14.9. The Labute approximate surface area is 276 Å². The monoisotopic (exact) mass is 656 g/mol. The van der Waals surface area contributed by atoms with Crippen molar-refractivity contribution in [2.75, 3.05) is 25.0 Å². The lowest BCUT2D eigenvalue weighted by molar-refractivity contribution is -0.144. The number of alkyl carbamates (subject to hydrolysis) is 1. The Morgan fingerprint density at radius 3 is 2.19 bits per heavy atom. The van der Waals surface area contributed by atoms with Crippen molar-refractivity contribution in [1.29, 1.82) is 5.26 Å². The number of nitriles is 1. The van der Waals surface area contributed by atoms with Crippen LogP contribution >= 0.6 is 0 Å². The molecule has 250 valence electrons. The number of imidazole rings is 1. The van der Waals surface area contributed by atoms with E-state index in [1.165, 1.54) is 10.9 Å². The highest BCUT2D eigenvalue weighted by Crippen LogP contribution is 2.27. The third-order valence-corrected chi connectivity index (χ3v) is 7.12. The Bertz CT molecular complexity index is 1770. The van der Waals surface area contributed by atoms with Gasteiger partial charge < -0.3 is 29.4 Å². The second-order valence-electron chi connectivity index (χ2n) is 11.6. The number of nitrogens with one attached hydrogen (secondary N) is 2. The van der Waals surface area contributed by atoms with Crippen molar-refractivity contribution in [2.45, 2.75) is 52.4 Å². The van der Waals surface area contributed by atoms with Gasteiger partial charge in [0.1, 0.15) is 25.0 Å². The molecule has 15 heteroatoms. The SMILES string of the molecule is Cc1ccc(C(OC(=O)NCCN(CC(=O)O)C(=O)Cn2cnc3c(NC(=O)OC(C)(C)CC#N)ncnc32)c2ccc(C)cc2)cc1. The van der Waals surface area contributed by atoms with Gasteiger partial charge in [0, 0.05) is 13.1 Å². The number of benzene rings is 2. The number of aryl methyl sites for hydroxylation is 2. The molecule has 0 fully saturated rings. The summed E-state index contributed by atoms with van der Waals surface area (Å²) in [6.45, 7) is 5.91. The number of anilines is 1. The maximum atomic E-state index is 13.3. The topological polar surface area (TPSA) is 202 Å². The molecule has 4 aromatic rings. The number of ether oxygens (including phenoxy) is 2. The van der Waals surface area contributed by atoms with Crippen LogP contribution in [0.4, 0.5) is 15.4 Å². The first-order valence-electron chi connectivity index (χ1n) is 14.9. The summed E-state index contributed by atoms with van der Waals surface area (Å²) < 4.78 is 12.4. The van der Waals surface area contributed by atoms with Crippen LogP contribution in [-0.4, -0.2) is 78.8 Å². The van der Waals surface area contributed by atoms with Crippen LogP contribution in [0.2, 0.25) is 0 Å². The second kappa shape index (κ2) is 15.5. The van der Waals surface area contributed by atoms with E-state index in [2.05, 4.69) is 25.6 Å². The minimum atomic E-state index is -1.24. The van der Waals surface area contributed by atoms with Crippen molar-refractivity contribution >= 4 is 41.0 Å². The molecule has 0 unspecified atom stereocenters. The van der Waals surface area contributed by atoms with Gasteiger partial charge >= 0.3 is 18.2 Å². The number of carbonyl (C=O) groups is 4. The van der Waals surface area contributed by atoms with Crippen molar-refractivity contribution < 1.29 is 33.8 Å². The molecule has 15 nitrogen and oxygen atoms in total. The Morgan fingerprint density at radius 2 is 1.60 bits per heavy atom. The minimum Gasteiger partial charge on any atom is -0.480 e. The average molecular weight is 657 g/mol. The fourth-order valence-electron chi connectivity index (χ4n) is 4.64. The average Bonchev–Trinajstić information content (AvgIpc) is 3.43. The molecule has 0 saturated carbocycles. The van der Waals surface area contributed by atoms with Crippen molar-refractivity contribution in [3.05, 3.63) is 83.4 Å². The largest absolute Gasteiger partial charge is 0.480 e. The molecule has 2 aromatic heterocycles. The van der Waals surface area contributed by atoms with Crippen molar-refractivity contribution in [2.24, 2.45) is 0 Å². The highest BCUT2D eigenvalue weighted by Gasteiger charge is 2.25. The van der Waals surface area contributed by atoms with Gasteiger partial charge in [-0.05, 0) is 38.8 Å². The Kier molecular flexibility index (Phi) is 11.2. The van der Waals surface area contributed by atoms with Crippen LogP contribution in [0.3, 0.4) is 0 Å². The summed E-state index contributed by atoms with van der Waals surface area (Å²) in [5.41, 5.74) is 2.97. The predicted molar refractivity (Wildman–Crippen MR) is 173 cm³/mol. The molecule has 0 spiro atoms. The molecule has 0 saturated heterocycles. The fraction of sp³-hybridized carbons (Fsp3) is 0.333. The van der Waals surface area contributed by atoms with Gasteiger partial charge in [0.05, 0.1) is 18.8 Å². The Morgan fingerprint density at radius 1 is 0.979 bits per heavy atom. The number of carboxylic acids is 1. The van der Waals surface area contributed by atoms with E-state index in [-0.39, 0.29) is 43.0 Å². The number of aliphatic carboxylic acids is 1. The van der Waals surface area contributed by atoms with E-state index in [1.54, 1.807) is 13.8 Å². The molecule has 3 N–H and O–H groups in total. The van der Waals surface area contributed by atoms with Gasteiger partial charge in [-0.3, -0.25) is 14.9 Å². The number of nitrogens with zero attached hydrogens (tertiary/aromatic N) is 6. The lowest BCUT2D eigenvalue weighted by atomic mass is 9.99. The van der Waals surface area contributed by atoms with Gasteiger partial charge in [-0.15, -0.1) is 0 Å². The van der Waals surface area contributed by atoms with Crippen molar-refractivity contribution in [3.63, 3.8) is 0 Å². The molecule has 0 aliphatic rings. The maximum absolute atomic E-state index is 13.3. The normalized spacial score (nSPS) is 11.1. The number of rotatable bonds is 13. The third-order valence-electron chi connectivity index (χ3n) is 7.12. The van der Waals surface area contributed by atoms with E-state index in [0.29, 0.717) is 0 Å². The van der Waals surface area contributed by atoms with Crippen LogP contribution < -0.4 is 10.6 Å². The summed E-state index contributed by atoms with van der Waals surface area (Å²) in [5, 5.41) is 23.5. The number of amides is 3. The van der Waals surface area contributed by atoms with E-state index < -0.39 is 42.3 Å². The Hall–Kier alpha value is -6.04. The number of fused-ring (bicyclic) bond motifs is 1. The smallest absolute Gasteiger partial charge is 0.413 e. The lowest BCUT2D eigenvalue weighted by Crippen LogP contribution is -2.43. The fourth-order valence-corrected chi connectivity index (χ4v) is 4.64. The number of aromatic nitrogens is 4. The van der Waals surface area contributed by atoms with Gasteiger partial charge in [0.15, 0.2) is 23.1 Å². The molecule has 4 rings (SSSR count). The number of hydrogen-bond donors (Lipinski definition) is 3. The number of carbonyl (C=O) groups excluding carboxylic acids is 3. The third kappa shape index (κ3) is 9.49. The summed E-state index contributed by atoms with van der Waals surface area (Å²) in [4.78, 5) is 63.6. The molecule has 2 aromatic carbocycles. The predicted octanol–water partition coefficient (Wildman–Crippen LogP) is 4.11. The van der Waals surface area contributed by atoms with Crippen LogP contribution in [0.25, 0.3) is 11.2 Å². The Balaban J connectivity index is 1.40. The van der Waals surface area contributed by atoms with Crippen molar-refractivity contribution in [1.82, 2.24) is 29.7 Å². The van der Waals surface area contributed by atoms with Crippen LogP contribution in [0.15, 0.2) is 61.2 Å². The van der Waals surface area contributed by atoms with E-state index in [4.69, 9.17) is 14.7 Å². The van der Waals surface area contributed by atoms with Crippen LogP contribution in [-0.2, 0) is 25.6 Å². The van der Waals surface area contributed by atoms with Crippen molar-refractivity contribution in [3.8, 4) is 6.07 Å². The number of hydrogen-bond acceptors (Lipinski definition) is 10. The lowest BCUT2D eigenvalue weighted by Gasteiger charge is -2.22. The van der Waals surface area contributed by atoms with Gasteiger partial charge in [0.25, 0.3) is 0 Å². The van der Waals surface area contributed by atoms with Gasteiger partial charge in [-0.25, -0.2) is 24.5 Å². The first kappa shape index (κ1) is 34.8. The highest BCUT2D eigenvalue weighted by molar-refractivity contribution is 5.94. The highest BCUT2D eigenvalue weighted by atomic mass is 16.6. The summed E-state index contributed by atoms with van der Waals surface area (Å²) in [7, 11) is 0. The quantitative estimate of drug-likeness (QED) is 0.187. The molecular formula is C33H36N8O7. The molecule has 0 aliphatic carbocycles. The number of carboxylic acid groups (broad SMARTS) is 1. The summed E-state index contributed by atoms with van der Waals surface area (Å²) in [6.07, 6.45) is 0.148. The summed E-state index contributed by atoms with van der Waals surface area (Å²) in [5.74, 6) is -1.81. The zero-order valence-corrected chi connectivity index (χ0v) is 27.0. The van der Waals surface area contributed by atoms with E-state index in [1.807, 2.05) is 68.4 Å². The molecule has 0 radical (unpaired) electrons. The zero-order valence-electron chi connectivity index (χ0n) is 27.0. The van der Waals surface area contributed by atoms with Gasteiger partial charge in [-0.2, -0.15) is 5.26 Å². The van der Waals surface area contributed by atoms with Crippen LogP contribution in [0.5, 0.6) is 0 Å². The summed E-state index contributed by atoms with van der Waals surface area (Å²) in [6, 6.07) is 17.2. The second-order valence-corrected chi connectivity index (χ2v) is 11.6. The standard InChI is InChI=1S/C33H36N8O7/c1-21-5-9-23(10-6-21)28(24-11-7-22(2)8-12-24)47-31(45)35-15-16-40(18-26(43)44)25(42)17-41-20-38-27-29(36-19-37-30(27)41)39-32(46)48-33(3,4)13-14-34/h5-12,19-20,28H,13,15-18H2,1-4H3,(H,35,45)(H,43,44)(H,36,37,39,46). The molecule has 3 amide bonds. The zero-order chi connectivity index (χ0) is 34.8.